The molecule has 0 aromatic heterocycles. The van der Waals surface area contributed by atoms with Gasteiger partial charge in [0.15, 0.2) is 0 Å². The van der Waals surface area contributed by atoms with Gasteiger partial charge in [0.05, 0.1) is 12.0 Å². The fourth-order valence-electron chi connectivity index (χ4n) is 4.24. The van der Waals surface area contributed by atoms with Crippen LogP contribution in [0.5, 0.6) is 0 Å². The van der Waals surface area contributed by atoms with E-state index in [0.717, 1.165) is 63.0 Å². The molecule has 1 amide bonds. The first-order valence-corrected chi connectivity index (χ1v) is 9.30. The van der Waals surface area contributed by atoms with Crippen molar-refractivity contribution in [2.45, 2.75) is 39.2 Å². The average Bonchev–Trinajstić information content (AvgIpc) is 2.78. The maximum atomic E-state index is 13.8. The van der Waals surface area contributed by atoms with Crippen LogP contribution in [0.1, 0.15) is 36.8 Å². The van der Waals surface area contributed by atoms with E-state index in [4.69, 9.17) is 4.74 Å². The van der Waals surface area contributed by atoms with Gasteiger partial charge in [-0.2, -0.15) is 0 Å². The maximum Gasteiger partial charge on any atom is 0.228 e. The smallest absolute Gasteiger partial charge is 0.228 e. The lowest BCUT2D eigenvalue weighted by molar-refractivity contribution is -0.137. The Balaban J connectivity index is 1.63. The van der Waals surface area contributed by atoms with Gasteiger partial charge in [-0.05, 0) is 62.9 Å². The molecule has 0 aliphatic carbocycles. The van der Waals surface area contributed by atoms with Crippen molar-refractivity contribution in [3.8, 4) is 0 Å². The fraction of sp³-hybridized carbons (Fsp3) is 0.650. The van der Waals surface area contributed by atoms with E-state index in [9.17, 15) is 9.18 Å². The molecule has 4 nitrogen and oxygen atoms in total. The first-order valence-electron chi connectivity index (χ1n) is 9.30. The summed E-state index contributed by atoms with van der Waals surface area (Å²) in [5.74, 6) is 0.178. The Kier molecular flexibility index (Phi) is 5.74. The number of hydrogen-bond donors (Lipinski definition) is 0. The molecular formula is C20H29FN2O2. The zero-order valence-corrected chi connectivity index (χ0v) is 15.4. The van der Waals surface area contributed by atoms with Gasteiger partial charge < -0.3 is 9.64 Å². The van der Waals surface area contributed by atoms with Crippen LogP contribution >= 0.6 is 0 Å². The number of benzene rings is 1. The molecule has 2 fully saturated rings. The zero-order chi connectivity index (χ0) is 17.9. The lowest BCUT2D eigenvalue weighted by Gasteiger charge is -2.27. The minimum atomic E-state index is -0.181. The Bertz CT molecular complexity index is 622. The normalized spacial score (nSPS) is 24.9. The van der Waals surface area contributed by atoms with E-state index in [-0.39, 0.29) is 11.2 Å². The summed E-state index contributed by atoms with van der Waals surface area (Å²) in [5, 5.41) is 0. The van der Waals surface area contributed by atoms with E-state index in [1.165, 1.54) is 6.07 Å². The predicted octanol–water partition coefficient (Wildman–Crippen LogP) is 2.99. The van der Waals surface area contributed by atoms with Crippen molar-refractivity contribution in [2.75, 3.05) is 39.9 Å². The molecule has 2 aliphatic rings. The summed E-state index contributed by atoms with van der Waals surface area (Å²) in [5.41, 5.74) is 1.61. The third-order valence-electron chi connectivity index (χ3n) is 5.98. The van der Waals surface area contributed by atoms with E-state index < -0.39 is 0 Å². The molecule has 0 saturated carbocycles. The summed E-state index contributed by atoms with van der Waals surface area (Å²) in [6, 6.07) is 5.31. The number of carbonyl (C=O) groups is 1. The lowest BCUT2D eigenvalue weighted by Crippen LogP contribution is -2.37. The SMILES string of the molecule is COCCN1CC[C@@]2(CCCN(Cc3cccc(F)c3C)CC2)C1=O. The number of amides is 1. The van der Waals surface area contributed by atoms with E-state index >= 15 is 0 Å². The van der Waals surface area contributed by atoms with Crippen molar-refractivity contribution in [1.82, 2.24) is 9.80 Å². The van der Waals surface area contributed by atoms with Gasteiger partial charge in [-0.3, -0.25) is 9.69 Å². The van der Waals surface area contributed by atoms with Crippen LogP contribution in [-0.4, -0.2) is 55.6 Å². The molecule has 0 unspecified atom stereocenters. The molecule has 1 aromatic carbocycles. The van der Waals surface area contributed by atoms with Crippen molar-refractivity contribution in [3.05, 3.63) is 35.1 Å². The molecule has 0 N–H and O–H groups in total. The van der Waals surface area contributed by atoms with Gasteiger partial charge in [-0.1, -0.05) is 12.1 Å². The van der Waals surface area contributed by atoms with Gasteiger partial charge in [0.25, 0.3) is 0 Å². The molecule has 25 heavy (non-hydrogen) atoms. The average molecular weight is 348 g/mol. The molecule has 0 radical (unpaired) electrons. The summed E-state index contributed by atoms with van der Waals surface area (Å²) < 4.78 is 18.9. The van der Waals surface area contributed by atoms with E-state index in [2.05, 4.69) is 4.90 Å². The zero-order valence-electron chi connectivity index (χ0n) is 15.4. The molecule has 2 aliphatic heterocycles. The van der Waals surface area contributed by atoms with Gasteiger partial charge in [0.1, 0.15) is 5.82 Å². The third-order valence-corrected chi connectivity index (χ3v) is 5.98. The summed E-state index contributed by atoms with van der Waals surface area (Å²) in [7, 11) is 1.67. The monoisotopic (exact) mass is 348 g/mol. The number of halogens is 1. The third kappa shape index (κ3) is 3.87. The molecule has 1 spiro atoms. The Morgan fingerprint density at radius 3 is 2.80 bits per heavy atom. The minimum Gasteiger partial charge on any atom is -0.383 e. The second kappa shape index (κ2) is 7.83. The quantitative estimate of drug-likeness (QED) is 0.820. The van der Waals surface area contributed by atoms with E-state index in [1.54, 1.807) is 13.2 Å². The highest BCUT2D eigenvalue weighted by molar-refractivity contribution is 5.84. The molecule has 2 saturated heterocycles. The minimum absolute atomic E-state index is 0.136. The van der Waals surface area contributed by atoms with E-state index in [1.807, 2.05) is 17.9 Å². The maximum absolute atomic E-state index is 13.8. The predicted molar refractivity (Wildman–Crippen MR) is 95.8 cm³/mol. The summed E-state index contributed by atoms with van der Waals surface area (Å²) >= 11 is 0. The van der Waals surface area contributed by atoms with Crippen molar-refractivity contribution in [2.24, 2.45) is 5.41 Å². The van der Waals surface area contributed by atoms with Crippen molar-refractivity contribution < 1.29 is 13.9 Å². The highest BCUT2D eigenvalue weighted by Gasteiger charge is 2.46. The summed E-state index contributed by atoms with van der Waals surface area (Å²) in [6.07, 6.45) is 3.86. The van der Waals surface area contributed by atoms with Gasteiger partial charge in [-0.25, -0.2) is 4.39 Å². The first-order chi connectivity index (χ1) is 12.1. The standard InChI is InChI=1S/C20H29FN2O2/c1-16-17(5-3-6-18(16)21)15-22-10-4-7-20(8-11-22)9-12-23(19(20)24)13-14-25-2/h3,5-6H,4,7-15H2,1-2H3/t20-/m0/s1. The highest BCUT2D eigenvalue weighted by atomic mass is 19.1. The second-order valence-electron chi connectivity index (χ2n) is 7.47. The number of carbonyl (C=O) groups excluding carboxylic acids is 1. The van der Waals surface area contributed by atoms with Gasteiger partial charge in [-0.15, -0.1) is 0 Å². The van der Waals surface area contributed by atoms with Crippen LogP contribution in [0.3, 0.4) is 0 Å². The number of nitrogens with zero attached hydrogens (tertiary/aromatic N) is 2. The molecule has 0 bridgehead atoms. The Labute approximate surface area is 149 Å². The number of hydrogen-bond acceptors (Lipinski definition) is 3. The van der Waals surface area contributed by atoms with Gasteiger partial charge >= 0.3 is 0 Å². The van der Waals surface area contributed by atoms with Crippen LogP contribution in [0.15, 0.2) is 18.2 Å². The van der Waals surface area contributed by atoms with Gasteiger partial charge in [0, 0.05) is 26.7 Å². The second-order valence-corrected chi connectivity index (χ2v) is 7.47. The Hall–Kier alpha value is -1.46. The topological polar surface area (TPSA) is 32.8 Å². The van der Waals surface area contributed by atoms with Crippen LogP contribution in [0.25, 0.3) is 0 Å². The van der Waals surface area contributed by atoms with Gasteiger partial charge in [0.2, 0.25) is 5.91 Å². The van der Waals surface area contributed by atoms with Crippen molar-refractivity contribution >= 4 is 5.91 Å². The number of ether oxygens (including phenoxy) is 1. The lowest BCUT2D eigenvalue weighted by atomic mass is 9.79. The van der Waals surface area contributed by atoms with E-state index in [0.29, 0.717) is 19.1 Å². The Morgan fingerprint density at radius 1 is 1.20 bits per heavy atom. The van der Waals surface area contributed by atoms with Crippen LogP contribution in [0.4, 0.5) is 4.39 Å². The van der Waals surface area contributed by atoms with Crippen molar-refractivity contribution in [1.29, 1.82) is 0 Å². The van der Waals surface area contributed by atoms with Crippen LogP contribution in [-0.2, 0) is 16.1 Å². The molecular weight excluding hydrogens is 319 g/mol. The molecule has 1 atom stereocenters. The number of likely N-dealkylation sites (tertiary alicyclic amines) is 2. The van der Waals surface area contributed by atoms with Crippen LogP contribution in [0, 0.1) is 18.2 Å². The molecule has 3 rings (SSSR count). The Morgan fingerprint density at radius 2 is 2.00 bits per heavy atom. The number of methoxy groups -OCH3 is 1. The fourth-order valence-corrected chi connectivity index (χ4v) is 4.24. The largest absolute Gasteiger partial charge is 0.383 e. The molecule has 5 heteroatoms. The molecule has 2 heterocycles. The molecule has 138 valence electrons. The summed E-state index contributed by atoms with van der Waals surface area (Å²) in [4.78, 5) is 17.3. The number of rotatable bonds is 5. The van der Waals surface area contributed by atoms with Crippen LogP contribution in [0.2, 0.25) is 0 Å². The summed E-state index contributed by atoms with van der Waals surface area (Å²) in [6.45, 7) is 6.64. The van der Waals surface area contributed by atoms with Crippen molar-refractivity contribution in [3.63, 3.8) is 0 Å². The first kappa shape index (κ1) is 18.3. The van der Waals surface area contributed by atoms with Crippen LogP contribution < -0.4 is 0 Å². The highest BCUT2D eigenvalue weighted by Crippen LogP contribution is 2.41. The molecule has 1 aromatic rings.